The predicted molar refractivity (Wildman–Crippen MR) is 123 cm³/mol. The van der Waals surface area contributed by atoms with Crippen molar-refractivity contribution in [2.24, 2.45) is 11.8 Å². The number of aryl methyl sites for hydroxylation is 1. The molecule has 0 amide bonds. The maximum Gasteiger partial charge on any atom is 0.227 e. The van der Waals surface area contributed by atoms with Gasteiger partial charge in [-0.2, -0.15) is 4.98 Å². The van der Waals surface area contributed by atoms with Crippen molar-refractivity contribution >= 4 is 34.2 Å². The molecule has 2 N–H and O–H groups in total. The van der Waals surface area contributed by atoms with Gasteiger partial charge in [0, 0.05) is 37.2 Å². The fraction of sp³-hybridized carbons (Fsp3) is 0.636. The van der Waals surface area contributed by atoms with E-state index in [1.807, 2.05) is 0 Å². The number of hydrogen-bond acceptors (Lipinski definition) is 8. The molecule has 2 aliphatic carbocycles. The third-order valence-corrected chi connectivity index (χ3v) is 9.30. The van der Waals surface area contributed by atoms with Gasteiger partial charge in [-0.05, 0) is 50.4 Å². The van der Waals surface area contributed by atoms with Gasteiger partial charge in [0.2, 0.25) is 5.95 Å². The Morgan fingerprint density at radius 1 is 1.16 bits per heavy atom. The van der Waals surface area contributed by atoms with E-state index in [9.17, 15) is 9.32 Å². The van der Waals surface area contributed by atoms with E-state index in [0.717, 1.165) is 68.0 Å². The molecule has 2 aromatic heterocycles. The lowest BCUT2D eigenvalue weighted by Crippen LogP contribution is -2.49. The van der Waals surface area contributed by atoms with Gasteiger partial charge in [0.15, 0.2) is 0 Å². The first-order chi connectivity index (χ1) is 15.6. The van der Waals surface area contributed by atoms with Gasteiger partial charge < -0.3 is 15.3 Å². The lowest BCUT2D eigenvalue weighted by molar-refractivity contribution is 0.143. The third-order valence-electron chi connectivity index (χ3n) is 7.56. The highest BCUT2D eigenvalue weighted by Crippen LogP contribution is 2.57. The number of halogens is 1. The second-order valence-electron chi connectivity index (χ2n) is 9.59. The van der Waals surface area contributed by atoms with Crippen LogP contribution in [0, 0.1) is 11.8 Å². The largest absolute Gasteiger partial charge is 0.394 e. The number of fused-ring (bicyclic) bond motifs is 2. The zero-order chi connectivity index (χ0) is 21.9. The van der Waals surface area contributed by atoms with Crippen LogP contribution in [0.1, 0.15) is 49.5 Å². The van der Waals surface area contributed by atoms with E-state index < -0.39 is 10.8 Å². The summed E-state index contributed by atoms with van der Waals surface area (Å²) in [6.45, 7) is 1.80. The first-order valence-corrected chi connectivity index (χ1v) is 13.2. The standard InChI is InChI=1S/C22H27ClN6O2S/c23-13-8-24-19(25-9-13)17-14-10-29(11-15(14)17)21-26-16-4-1-2-7-32(31)18(16)20(27-21)28-22(12-30)5-3-6-22/h8-9,14-15,17,30H,1-7,10-12H2,(H,26,27,28)/t14?,15?,17?,32-/m0/s1. The molecule has 2 aromatic rings. The topological polar surface area (TPSA) is 104 Å². The Kier molecular flexibility index (Phi) is 5.11. The van der Waals surface area contributed by atoms with E-state index in [2.05, 4.69) is 20.2 Å². The zero-order valence-corrected chi connectivity index (χ0v) is 19.4. The summed E-state index contributed by atoms with van der Waals surface area (Å²) in [5, 5.41) is 14.0. The molecule has 3 fully saturated rings. The highest BCUT2D eigenvalue weighted by molar-refractivity contribution is 7.85. The van der Waals surface area contributed by atoms with E-state index in [1.165, 1.54) is 0 Å². The molecular weight excluding hydrogens is 448 g/mol. The second-order valence-corrected chi connectivity index (χ2v) is 11.5. The van der Waals surface area contributed by atoms with E-state index in [0.29, 0.717) is 40.3 Å². The average molecular weight is 475 g/mol. The Labute approximate surface area is 194 Å². The number of hydrogen-bond donors (Lipinski definition) is 2. The van der Waals surface area contributed by atoms with Gasteiger partial charge in [-0.1, -0.05) is 11.6 Å². The lowest BCUT2D eigenvalue weighted by Gasteiger charge is -2.42. The van der Waals surface area contributed by atoms with E-state index in [-0.39, 0.29) is 12.1 Å². The fourth-order valence-corrected chi connectivity index (χ4v) is 6.98. The molecule has 2 unspecified atom stereocenters. The Balaban J connectivity index is 1.27. The summed E-state index contributed by atoms with van der Waals surface area (Å²) in [7, 11) is -1.11. The van der Waals surface area contributed by atoms with Crippen molar-refractivity contribution in [1.82, 2.24) is 19.9 Å². The maximum atomic E-state index is 13.0. The van der Waals surface area contributed by atoms with Crippen molar-refractivity contribution in [2.45, 2.75) is 54.9 Å². The van der Waals surface area contributed by atoms with Gasteiger partial charge in [0.1, 0.15) is 16.5 Å². The minimum Gasteiger partial charge on any atom is -0.394 e. The average Bonchev–Trinajstić information content (AvgIpc) is 3.33. The normalized spacial score (nSPS) is 30.1. The van der Waals surface area contributed by atoms with Crippen LogP contribution in [0.15, 0.2) is 17.3 Å². The molecule has 0 aromatic carbocycles. The van der Waals surface area contributed by atoms with E-state index in [4.69, 9.17) is 21.6 Å². The number of aliphatic hydroxyl groups is 1. The van der Waals surface area contributed by atoms with Crippen LogP contribution < -0.4 is 10.2 Å². The van der Waals surface area contributed by atoms with E-state index in [1.54, 1.807) is 12.4 Å². The fourth-order valence-electron chi connectivity index (χ4n) is 5.49. The van der Waals surface area contributed by atoms with Gasteiger partial charge in [0.05, 0.1) is 33.7 Å². The third kappa shape index (κ3) is 3.49. The zero-order valence-electron chi connectivity index (χ0n) is 17.8. The summed E-state index contributed by atoms with van der Waals surface area (Å²) >= 11 is 5.93. The maximum absolute atomic E-state index is 13.0. The monoisotopic (exact) mass is 474 g/mol. The number of aromatic nitrogens is 4. The molecule has 10 heteroatoms. The van der Waals surface area contributed by atoms with Crippen molar-refractivity contribution in [3.63, 3.8) is 0 Å². The molecule has 6 rings (SSSR count). The van der Waals surface area contributed by atoms with Gasteiger partial charge in [-0.15, -0.1) is 0 Å². The number of nitrogens with zero attached hydrogens (tertiary/aromatic N) is 5. The molecule has 8 nitrogen and oxygen atoms in total. The molecule has 170 valence electrons. The Bertz CT molecular complexity index is 1050. The first kappa shape index (κ1) is 20.7. The highest BCUT2D eigenvalue weighted by Gasteiger charge is 2.58. The molecule has 0 bridgehead atoms. The Morgan fingerprint density at radius 2 is 1.91 bits per heavy atom. The van der Waals surface area contributed by atoms with Crippen LogP contribution in [0.4, 0.5) is 11.8 Å². The summed E-state index contributed by atoms with van der Waals surface area (Å²) in [6.07, 6.45) is 8.96. The smallest absolute Gasteiger partial charge is 0.227 e. The van der Waals surface area contributed by atoms with Crippen LogP contribution in [0.2, 0.25) is 5.02 Å². The minimum atomic E-state index is -1.11. The summed E-state index contributed by atoms with van der Waals surface area (Å²) in [4.78, 5) is 21.6. The SMILES string of the molecule is O=[S@]1CCCCc2nc(N3CC4C(C3)C4c3ncc(Cl)cn3)nc(NC3(CO)CCC3)c21. The summed E-state index contributed by atoms with van der Waals surface area (Å²) in [5.41, 5.74) is 0.555. The first-order valence-electron chi connectivity index (χ1n) is 11.5. The van der Waals surface area contributed by atoms with Crippen molar-refractivity contribution in [2.75, 3.05) is 35.7 Å². The number of nitrogens with one attached hydrogen (secondary N) is 1. The van der Waals surface area contributed by atoms with E-state index >= 15 is 0 Å². The number of aliphatic hydroxyl groups excluding tert-OH is 1. The second kappa shape index (κ2) is 7.88. The molecule has 1 saturated heterocycles. The summed E-state index contributed by atoms with van der Waals surface area (Å²) in [6, 6.07) is 0. The molecule has 2 aliphatic heterocycles. The highest BCUT2D eigenvalue weighted by atomic mass is 35.5. The van der Waals surface area contributed by atoms with Crippen molar-refractivity contribution < 1.29 is 9.32 Å². The Hall–Kier alpha value is -1.84. The van der Waals surface area contributed by atoms with Crippen LogP contribution >= 0.6 is 11.6 Å². The van der Waals surface area contributed by atoms with Crippen LogP contribution in [0.3, 0.4) is 0 Å². The number of piperidine rings is 1. The van der Waals surface area contributed by atoms with Crippen molar-refractivity contribution in [3.8, 4) is 0 Å². The molecule has 0 spiro atoms. The van der Waals surface area contributed by atoms with Crippen molar-refractivity contribution in [3.05, 3.63) is 28.9 Å². The van der Waals surface area contributed by atoms with Crippen LogP contribution in [-0.4, -0.2) is 60.2 Å². The molecule has 32 heavy (non-hydrogen) atoms. The molecule has 2 saturated carbocycles. The number of anilines is 2. The Morgan fingerprint density at radius 3 is 2.56 bits per heavy atom. The molecular formula is C22H27ClN6O2S. The summed E-state index contributed by atoms with van der Waals surface area (Å²) < 4.78 is 13.0. The molecule has 4 heterocycles. The summed E-state index contributed by atoms with van der Waals surface area (Å²) in [5.74, 6) is 4.27. The minimum absolute atomic E-state index is 0.0599. The van der Waals surface area contributed by atoms with Crippen molar-refractivity contribution in [1.29, 1.82) is 0 Å². The van der Waals surface area contributed by atoms with Gasteiger partial charge in [0.25, 0.3) is 0 Å². The van der Waals surface area contributed by atoms with Crippen LogP contribution in [-0.2, 0) is 17.2 Å². The van der Waals surface area contributed by atoms with Crippen LogP contribution in [0.25, 0.3) is 0 Å². The molecule has 3 atom stereocenters. The van der Waals surface area contributed by atoms with Gasteiger partial charge in [-0.3, -0.25) is 4.21 Å². The quantitative estimate of drug-likeness (QED) is 0.681. The lowest BCUT2D eigenvalue weighted by atomic mass is 9.77. The predicted octanol–water partition coefficient (Wildman–Crippen LogP) is 2.54. The molecule has 4 aliphatic rings. The van der Waals surface area contributed by atoms with Crippen LogP contribution in [0.5, 0.6) is 0 Å². The molecule has 0 radical (unpaired) electrons. The van der Waals surface area contributed by atoms with Gasteiger partial charge in [-0.25, -0.2) is 15.0 Å². The van der Waals surface area contributed by atoms with Gasteiger partial charge >= 0.3 is 0 Å². The number of rotatable bonds is 5.